The SMILES string of the molecule is CC.CCC/C(C)=C\CBr. The third kappa shape index (κ3) is 11.1. The first kappa shape index (κ1) is 12.9. The highest BCUT2D eigenvalue weighted by atomic mass is 79.9. The van der Waals surface area contributed by atoms with Crippen molar-refractivity contribution in [1.29, 1.82) is 0 Å². The van der Waals surface area contributed by atoms with Crippen LogP contribution < -0.4 is 0 Å². The lowest BCUT2D eigenvalue weighted by atomic mass is 10.2. The van der Waals surface area contributed by atoms with Gasteiger partial charge in [-0.1, -0.05) is 54.8 Å². The number of halogens is 1. The highest BCUT2D eigenvalue weighted by molar-refractivity contribution is 9.09. The maximum atomic E-state index is 3.34. The van der Waals surface area contributed by atoms with Crippen LogP contribution in [-0.4, -0.2) is 5.33 Å². The van der Waals surface area contributed by atoms with Gasteiger partial charge in [-0.05, 0) is 13.3 Å². The lowest BCUT2D eigenvalue weighted by molar-refractivity contribution is 0.904. The van der Waals surface area contributed by atoms with E-state index in [0.717, 1.165) is 5.33 Å². The van der Waals surface area contributed by atoms with Crippen LogP contribution in [0, 0.1) is 0 Å². The summed E-state index contributed by atoms with van der Waals surface area (Å²) in [6.45, 7) is 8.37. The van der Waals surface area contributed by atoms with Gasteiger partial charge in [0, 0.05) is 5.33 Å². The van der Waals surface area contributed by atoms with Gasteiger partial charge in [-0.15, -0.1) is 0 Å². The summed E-state index contributed by atoms with van der Waals surface area (Å²) in [5.41, 5.74) is 1.49. The molecule has 62 valence electrons. The summed E-state index contributed by atoms with van der Waals surface area (Å²) in [5, 5.41) is 0.999. The van der Waals surface area contributed by atoms with Gasteiger partial charge in [-0.25, -0.2) is 0 Å². The molecule has 0 aliphatic heterocycles. The third-order valence-corrected chi connectivity index (χ3v) is 1.39. The van der Waals surface area contributed by atoms with Crippen molar-refractivity contribution in [2.45, 2.75) is 40.5 Å². The van der Waals surface area contributed by atoms with Crippen molar-refractivity contribution >= 4 is 15.9 Å². The topological polar surface area (TPSA) is 0 Å². The second-order valence-corrected chi connectivity index (χ2v) is 2.60. The average Bonchev–Trinajstić information content (AvgIpc) is 1.93. The molecule has 0 saturated heterocycles. The Morgan fingerprint density at radius 2 is 1.90 bits per heavy atom. The average molecular weight is 207 g/mol. The van der Waals surface area contributed by atoms with Crippen molar-refractivity contribution in [2.24, 2.45) is 0 Å². The minimum Gasteiger partial charge on any atom is -0.0883 e. The zero-order valence-electron chi connectivity index (χ0n) is 7.58. The minimum atomic E-state index is 0.999. The summed E-state index contributed by atoms with van der Waals surface area (Å²) in [7, 11) is 0. The summed E-state index contributed by atoms with van der Waals surface area (Å²) in [4.78, 5) is 0. The molecule has 0 radical (unpaired) electrons. The molecular formula is C9H19Br. The van der Waals surface area contributed by atoms with Gasteiger partial charge in [0.1, 0.15) is 0 Å². The van der Waals surface area contributed by atoms with E-state index in [1.165, 1.54) is 18.4 Å². The molecule has 10 heavy (non-hydrogen) atoms. The van der Waals surface area contributed by atoms with E-state index in [9.17, 15) is 0 Å². The highest BCUT2D eigenvalue weighted by Gasteiger charge is 1.82. The summed E-state index contributed by atoms with van der Waals surface area (Å²) in [6, 6.07) is 0. The second kappa shape index (κ2) is 12.0. The lowest BCUT2D eigenvalue weighted by Crippen LogP contribution is -1.74. The number of allylic oxidation sites excluding steroid dienone is 2. The van der Waals surface area contributed by atoms with Crippen LogP contribution in [0.2, 0.25) is 0 Å². The second-order valence-electron chi connectivity index (χ2n) is 1.95. The van der Waals surface area contributed by atoms with E-state index in [1.807, 2.05) is 13.8 Å². The molecule has 0 aliphatic carbocycles. The van der Waals surface area contributed by atoms with E-state index < -0.39 is 0 Å². The molecule has 0 spiro atoms. The Labute approximate surface area is 73.8 Å². The molecule has 0 atom stereocenters. The number of hydrogen-bond donors (Lipinski definition) is 0. The van der Waals surface area contributed by atoms with Crippen LogP contribution >= 0.6 is 15.9 Å². The van der Waals surface area contributed by atoms with E-state index in [1.54, 1.807) is 0 Å². The zero-order chi connectivity index (χ0) is 8.41. The van der Waals surface area contributed by atoms with Gasteiger partial charge in [0.15, 0.2) is 0 Å². The molecule has 0 aromatic rings. The van der Waals surface area contributed by atoms with Gasteiger partial charge in [0.05, 0.1) is 0 Å². The molecule has 0 nitrogen and oxygen atoms in total. The summed E-state index contributed by atoms with van der Waals surface area (Å²) < 4.78 is 0. The number of rotatable bonds is 3. The Hall–Kier alpha value is 0.220. The molecule has 0 aromatic heterocycles. The highest BCUT2D eigenvalue weighted by Crippen LogP contribution is 2.02. The minimum absolute atomic E-state index is 0.999. The number of alkyl halides is 1. The molecule has 1 heteroatoms. The van der Waals surface area contributed by atoms with Crippen molar-refractivity contribution < 1.29 is 0 Å². The Morgan fingerprint density at radius 1 is 1.40 bits per heavy atom. The normalized spacial score (nSPS) is 10.3. The molecule has 0 N–H and O–H groups in total. The maximum absolute atomic E-state index is 3.34. The van der Waals surface area contributed by atoms with Crippen LogP contribution in [-0.2, 0) is 0 Å². The molecule has 0 aromatic carbocycles. The van der Waals surface area contributed by atoms with Gasteiger partial charge >= 0.3 is 0 Å². The Balaban J connectivity index is 0. The first-order chi connectivity index (χ1) is 4.81. The smallest absolute Gasteiger partial charge is 0.0214 e. The van der Waals surface area contributed by atoms with E-state index in [0.29, 0.717) is 0 Å². The summed E-state index contributed by atoms with van der Waals surface area (Å²) >= 11 is 3.34. The monoisotopic (exact) mass is 206 g/mol. The molecule has 0 saturated carbocycles. The molecule has 0 bridgehead atoms. The van der Waals surface area contributed by atoms with Crippen LogP contribution in [0.25, 0.3) is 0 Å². The van der Waals surface area contributed by atoms with Crippen molar-refractivity contribution in [3.63, 3.8) is 0 Å². The largest absolute Gasteiger partial charge is 0.0883 e. The summed E-state index contributed by atoms with van der Waals surface area (Å²) in [6.07, 6.45) is 4.71. The van der Waals surface area contributed by atoms with Crippen LogP contribution in [0.5, 0.6) is 0 Å². The number of hydrogen-bond acceptors (Lipinski definition) is 0. The van der Waals surface area contributed by atoms with E-state index >= 15 is 0 Å². The summed E-state index contributed by atoms with van der Waals surface area (Å²) in [5.74, 6) is 0. The van der Waals surface area contributed by atoms with Crippen LogP contribution in [0.4, 0.5) is 0 Å². The van der Waals surface area contributed by atoms with Crippen LogP contribution in [0.3, 0.4) is 0 Å². The molecular weight excluding hydrogens is 188 g/mol. The fourth-order valence-electron chi connectivity index (χ4n) is 0.628. The van der Waals surface area contributed by atoms with Gasteiger partial charge in [0.2, 0.25) is 0 Å². The molecule has 0 aliphatic rings. The van der Waals surface area contributed by atoms with Gasteiger partial charge < -0.3 is 0 Å². The van der Waals surface area contributed by atoms with Crippen molar-refractivity contribution in [1.82, 2.24) is 0 Å². The van der Waals surface area contributed by atoms with Crippen LogP contribution in [0.15, 0.2) is 11.6 Å². The lowest BCUT2D eigenvalue weighted by Gasteiger charge is -1.92. The Bertz CT molecular complexity index is 74.8. The Kier molecular flexibility index (Phi) is 15.4. The zero-order valence-corrected chi connectivity index (χ0v) is 9.16. The maximum Gasteiger partial charge on any atom is 0.0214 e. The molecule has 0 heterocycles. The molecule has 0 amide bonds. The predicted octanol–water partition coefficient (Wildman–Crippen LogP) is 4.15. The molecule has 0 rings (SSSR count). The fourth-order valence-corrected chi connectivity index (χ4v) is 1.18. The first-order valence-corrected chi connectivity index (χ1v) is 5.15. The van der Waals surface area contributed by atoms with Crippen molar-refractivity contribution in [3.05, 3.63) is 11.6 Å². The quantitative estimate of drug-likeness (QED) is 0.481. The fraction of sp³-hybridized carbons (Fsp3) is 0.778. The molecule has 0 unspecified atom stereocenters. The van der Waals surface area contributed by atoms with E-state index in [2.05, 4.69) is 35.9 Å². The Morgan fingerprint density at radius 3 is 2.20 bits per heavy atom. The van der Waals surface area contributed by atoms with Crippen molar-refractivity contribution in [3.8, 4) is 0 Å². The van der Waals surface area contributed by atoms with Gasteiger partial charge in [0.25, 0.3) is 0 Å². The van der Waals surface area contributed by atoms with Crippen LogP contribution in [0.1, 0.15) is 40.5 Å². The molecule has 0 fully saturated rings. The first-order valence-electron chi connectivity index (χ1n) is 4.02. The predicted molar refractivity (Wildman–Crippen MR) is 53.8 cm³/mol. The third-order valence-electron chi connectivity index (χ3n) is 1.07. The van der Waals surface area contributed by atoms with Gasteiger partial charge in [-0.3, -0.25) is 0 Å². The standard InChI is InChI=1S/C7H13Br.C2H6/c1-3-4-7(2)5-6-8;1-2/h5H,3-4,6H2,1-2H3;1-2H3/b7-5-;. The van der Waals surface area contributed by atoms with E-state index in [-0.39, 0.29) is 0 Å². The van der Waals surface area contributed by atoms with Crippen molar-refractivity contribution in [2.75, 3.05) is 5.33 Å². The van der Waals surface area contributed by atoms with Gasteiger partial charge in [-0.2, -0.15) is 0 Å². The van der Waals surface area contributed by atoms with E-state index in [4.69, 9.17) is 0 Å².